The molecule has 0 aliphatic rings. The SMILES string of the molecule is Cc1cc(Br)cc(CNCC(C)C)c1OCc1nccs1. The number of ether oxygens (including phenoxy) is 1. The number of benzene rings is 1. The predicted molar refractivity (Wildman–Crippen MR) is 91.9 cm³/mol. The van der Waals surface area contributed by atoms with E-state index in [2.05, 4.69) is 59.1 Å². The normalized spacial score (nSPS) is 11.1. The molecule has 0 saturated carbocycles. The smallest absolute Gasteiger partial charge is 0.140 e. The van der Waals surface area contributed by atoms with Crippen LogP contribution in [0.5, 0.6) is 5.75 Å². The van der Waals surface area contributed by atoms with E-state index in [-0.39, 0.29) is 0 Å². The number of nitrogens with zero attached hydrogens (tertiary/aromatic N) is 1. The number of hydrogen-bond acceptors (Lipinski definition) is 4. The maximum Gasteiger partial charge on any atom is 0.140 e. The largest absolute Gasteiger partial charge is 0.486 e. The van der Waals surface area contributed by atoms with Gasteiger partial charge in [0, 0.05) is 28.2 Å². The van der Waals surface area contributed by atoms with Gasteiger partial charge < -0.3 is 10.1 Å². The topological polar surface area (TPSA) is 34.1 Å². The van der Waals surface area contributed by atoms with Gasteiger partial charge in [0.25, 0.3) is 0 Å². The fraction of sp³-hybridized carbons (Fsp3) is 0.438. The zero-order valence-electron chi connectivity index (χ0n) is 12.6. The fourth-order valence-electron chi connectivity index (χ4n) is 2.09. The van der Waals surface area contributed by atoms with Gasteiger partial charge in [0.1, 0.15) is 17.4 Å². The van der Waals surface area contributed by atoms with Crippen molar-refractivity contribution in [2.24, 2.45) is 5.92 Å². The average molecular weight is 369 g/mol. The number of thiazole rings is 1. The summed E-state index contributed by atoms with van der Waals surface area (Å²) >= 11 is 5.18. The van der Waals surface area contributed by atoms with Gasteiger partial charge in [-0.25, -0.2) is 4.98 Å². The van der Waals surface area contributed by atoms with Crippen molar-refractivity contribution in [1.29, 1.82) is 0 Å². The molecule has 1 aromatic carbocycles. The van der Waals surface area contributed by atoms with Gasteiger partial charge in [0.15, 0.2) is 0 Å². The second-order valence-electron chi connectivity index (χ2n) is 5.45. The molecular formula is C16H21BrN2OS. The monoisotopic (exact) mass is 368 g/mol. The lowest BCUT2D eigenvalue weighted by Gasteiger charge is -2.15. The number of halogens is 1. The Balaban J connectivity index is 2.09. The molecule has 0 atom stereocenters. The summed E-state index contributed by atoms with van der Waals surface area (Å²) in [6.07, 6.45) is 1.81. The number of aromatic nitrogens is 1. The summed E-state index contributed by atoms with van der Waals surface area (Å²) in [5, 5.41) is 6.44. The van der Waals surface area contributed by atoms with Gasteiger partial charge in [-0.2, -0.15) is 0 Å². The Morgan fingerprint density at radius 1 is 1.38 bits per heavy atom. The summed E-state index contributed by atoms with van der Waals surface area (Å²) in [7, 11) is 0. The molecule has 1 aromatic heterocycles. The first-order chi connectivity index (χ1) is 10.1. The number of nitrogens with one attached hydrogen (secondary N) is 1. The third kappa shape index (κ3) is 5.09. The van der Waals surface area contributed by atoms with Crippen LogP contribution >= 0.6 is 27.3 Å². The van der Waals surface area contributed by atoms with Crippen molar-refractivity contribution in [2.75, 3.05) is 6.54 Å². The lowest BCUT2D eigenvalue weighted by molar-refractivity contribution is 0.299. The van der Waals surface area contributed by atoms with Crippen LogP contribution in [-0.2, 0) is 13.2 Å². The fourth-order valence-corrected chi connectivity index (χ4v) is 3.24. The average Bonchev–Trinajstić information content (AvgIpc) is 2.90. The molecule has 1 N–H and O–H groups in total. The molecule has 3 nitrogen and oxygen atoms in total. The van der Waals surface area contributed by atoms with Crippen LogP contribution in [0.1, 0.15) is 30.0 Å². The minimum Gasteiger partial charge on any atom is -0.486 e. The second kappa shape index (κ2) is 7.92. The summed E-state index contributed by atoms with van der Waals surface area (Å²) < 4.78 is 7.10. The van der Waals surface area contributed by atoms with E-state index in [1.807, 2.05) is 11.6 Å². The van der Waals surface area contributed by atoms with Gasteiger partial charge in [-0.1, -0.05) is 29.8 Å². The predicted octanol–water partition coefficient (Wildman–Crippen LogP) is 4.54. The van der Waals surface area contributed by atoms with Crippen molar-refractivity contribution in [3.05, 3.63) is 44.3 Å². The lowest BCUT2D eigenvalue weighted by atomic mass is 10.1. The first-order valence-corrected chi connectivity index (χ1v) is 8.74. The Bertz CT molecular complexity index is 570. The van der Waals surface area contributed by atoms with Crippen LogP contribution in [0.25, 0.3) is 0 Å². The van der Waals surface area contributed by atoms with Gasteiger partial charge in [0.2, 0.25) is 0 Å². The molecule has 21 heavy (non-hydrogen) atoms. The Labute approximate surface area is 138 Å². The second-order valence-corrected chi connectivity index (χ2v) is 7.34. The number of hydrogen-bond donors (Lipinski definition) is 1. The van der Waals surface area contributed by atoms with Crippen molar-refractivity contribution < 1.29 is 4.74 Å². The molecule has 1 heterocycles. The van der Waals surface area contributed by atoms with Gasteiger partial charge in [-0.15, -0.1) is 11.3 Å². The molecule has 0 saturated heterocycles. The molecule has 0 aliphatic carbocycles. The Kier molecular flexibility index (Phi) is 6.21. The number of rotatable bonds is 7. The van der Waals surface area contributed by atoms with E-state index in [1.165, 1.54) is 5.56 Å². The summed E-state index contributed by atoms with van der Waals surface area (Å²) in [6, 6.07) is 4.21. The van der Waals surface area contributed by atoms with Gasteiger partial charge >= 0.3 is 0 Å². The van der Waals surface area contributed by atoms with E-state index >= 15 is 0 Å². The summed E-state index contributed by atoms with van der Waals surface area (Å²) in [4.78, 5) is 4.26. The molecule has 0 bridgehead atoms. The first-order valence-electron chi connectivity index (χ1n) is 7.07. The minimum absolute atomic E-state index is 0.525. The summed E-state index contributed by atoms with van der Waals surface area (Å²) in [6.45, 7) is 8.83. The van der Waals surface area contributed by atoms with Crippen LogP contribution in [0, 0.1) is 12.8 Å². The molecule has 0 amide bonds. The lowest BCUT2D eigenvalue weighted by Crippen LogP contribution is -2.19. The molecular weight excluding hydrogens is 348 g/mol. The molecule has 2 aromatic rings. The maximum absolute atomic E-state index is 6.01. The molecule has 0 fully saturated rings. The molecule has 2 rings (SSSR count). The van der Waals surface area contributed by atoms with Crippen LogP contribution in [0.15, 0.2) is 28.2 Å². The zero-order chi connectivity index (χ0) is 15.2. The van der Waals surface area contributed by atoms with Gasteiger partial charge in [-0.3, -0.25) is 0 Å². The molecule has 0 unspecified atom stereocenters. The molecule has 0 aliphatic heterocycles. The summed E-state index contributed by atoms with van der Waals surface area (Å²) in [5.41, 5.74) is 2.32. The van der Waals surface area contributed by atoms with Crippen molar-refractivity contribution in [3.8, 4) is 5.75 Å². The Morgan fingerprint density at radius 3 is 2.86 bits per heavy atom. The number of aryl methyl sites for hydroxylation is 1. The third-order valence-electron chi connectivity index (χ3n) is 3.01. The highest BCUT2D eigenvalue weighted by molar-refractivity contribution is 9.10. The molecule has 0 spiro atoms. The Morgan fingerprint density at radius 2 is 2.19 bits per heavy atom. The van der Waals surface area contributed by atoms with E-state index in [9.17, 15) is 0 Å². The van der Waals surface area contributed by atoms with E-state index in [1.54, 1.807) is 11.3 Å². The highest BCUT2D eigenvalue weighted by atomic mass is 79.9. The molecule has 5 heteroatoms. The highest BCUT2D eigenvalue weighted by Gasteiger charge is 2.10. The van der Waals surface area contributed by atoms with E-state index in [4.69, 9.17) is 4.74 Å². The van der Waals surface area contributed by atoms with Crippen molar-refractivity contribution in [3.63, 3.8) is 0 Å². The molecule has 114 valence electrons. The van der Waals surface area contributed by atoms with Crippen LogP contribution < -0.4 is 10.1 Å². The van der Waals surface area contributed by atoms with E-state index < -0.39 is 0 Å². The highest BCUT2D eigenvalue weighted by Crippen LogP contribution is 2.29. The maximum atomic E-state index is 6.01. The first kappa shape index (κ1) is 16.5. The van der Waals surface area contributed by atoms with E-state index in [0.717, 1.165) is 33.9 Å². The van der Waals surface area contributed by atoms with Crippen molar-refractivity contribution in [2.45, 2.75) is 33.9 Å². The quantitative estimate of drug-likeness (QED) is 0.778. The van der Waals surface area contributed by atoms with Crippen molar-refractivity contribution in [1.82, 2.24) is 10.3 Å². The third-order valence-corrected chi connectivity index (χ3v) is 4.22. The van der Waals surface area contributed by atoms with Crippen LogP contribution in [0.4, 0.5) is 0 Å². The van der Waals surface area contributed by atoms with E-state index in [0.29, 0.717) is 12.5 Å². The standard InChI is InChI=1S/C16H21BrN2OS/c1-11(2)8-18-9-13-7-14(17)6-12(3)16(13)20-10-15-19-4-5-21-15/h4-7,11,18H,8-10H2,1-3H3. The van der Waals surface area contributed by atoms with Gasteiger partial charge in [-0.05, 0) is 37.1 Å². The minimum atomic E-state index is 0.525. The van der Waals surface area contributed by atoms with Crippen LogP contribution in [0.2, 0.25) is 0 Å². The zero-order valence-corrected chi connectivity index (χ0v) is 15.1. The van der Waals surface area contributed by atoms with Gasteiger partial charge in [0.05, 0.1) is 0 Å². The summed E-state index contributed by atoms with van der Waals surface area (Å²) in [5.74, 6) is 1.60. The van der Waals surface area contributed by atoms with Crippen molar-refractivity contribution >= 4 is 27.3 Å². The Hall–Kier alpha value is -0.910. The van der Waals surface area contributed by atoms with Crippen LogP contribution in [0.3, 0.4) is 0 Å². The van der Waals surface area contributed by atoms with Crippen LogP contribution in [-0.4, -0.2) is 11.5 Å². The molecule has 0 radical (unpaired) electrons.